The molecular weight excluding hydrogens is 266 g/mol. The van der Waals surface area contributed by atoms with E-state index >= 15 is 0 Å². The van der Waals surface area contributed by atoms with Crippen molar-refractivity contribution >= 4 is 11.5 Å². The fourth-order valence-corrected chi connectivity index (χ4v) is 2.56. The quantitative estimate of drug-likeness (QED) is 0.861. The predicted octanol–water partition coefficient (Wildman–Crippen LogP) is 2.99. The van der Waals surface area contributed by atoms with Crippen molar-refractivity contribution in [3.05, 3.63) is 53.6 Å². The zero-order valence-electron chi connectivity index (χ0n) is 11.9. The lowest BCUT2D eigenvalue weighted by atomic mass is 10.1. The number of phenolic OH excluding ortho intramolecular Hbond substituents is 1. The van der Waals surface area contributed by atoms with Gasteiger partial charge >= 0.3 is 0 Å². The number of hydrogen-bond acceptors (Lipinski definition) is 4. The summed E-state index contributed by atoms with van der Waals surface area (Å²) in [6, 6.07) is 13.1. The average molecular weight is 283 g/mol. The Bertz CT molecular complexity index is 681. The van der Waals surface area contributed by atoms with E-state index in [0.29, 0.717) is 12.2 Å². The molecule has 0 saturated carbocycles. The number of rotatable bonds is 2. The van der Waals surface area contributed by atoms with E-state index in [1.165, 1.54) is 6.92 Å². The molecule has 3 rings (SSSR count). The molecule has 1 heterocycles. The summed E-state index contributed by atoms with van der Waals surface area (Å²) in [6.07, 6.45) is 0. The Kier molecular flexibility index (Phi) is 3.52. The molecule has 0 radical (unpaired) electrons. The average Bonchev–Trinajstić information content (AvgIpc) is 2.68. The van der Waals surface area contributed by atoms with Crippen molar-refractivity contribution in [3.63, 3.8) is 0 Å². The number of phenols is 1. The number of anilines is 1. The first-order valence-corrected chi connectivity index (χ1v) is 6.95. The minimum absolute atomic E-state index is 0.0263. The van der Waals surface area contributed by atoms with Gasteiger partial charge in [0.1, 0.15) is 18.1 Å². The summed E-state index contributed by atoms with van der Waals surface area (Å²) >= 11 is 0. The summed E-state index contributed by atoms with van der Waals surface area (Å²) in [4.78, 5) is 13.5. The largest absolute Gasteiger partial charge is 0.507 e. The molecule has 0 unspecified atom stereocenters. The van der Waals surface area contributed by atoms with E-state index in [1.807, 2.05) is 30.3 Å². The number of benzene rings is 2. The number of carbonyl (C=O) groups is 1. The fraction of sp³-hybridized carbons (Fsp3) is 0.235. The standard InChI is InChI=1S/C17H17NO3/c1-12(19)15-7-6-14(10-16(15)20)18-8-9-21-17-5-3-2-4-13(17)11-18/h2-7,10,20H,8-9,11H2,1H3. The Morgan fingerprint density at radius 3 is 2.81 bits per heavy atom. The van der Waals surface area contributed by atoms with E-state index in [2.05, 4.69) is 4.90 Å². The van der Waals surface area contributed by atoms with E-state index in [1.54, 1.807) is 12.1 Å². The van der Waals surface area contributed by atoms with E-state index in [4.69, 9.17) is 4.74 Å². The number of para-hydroxylation sites is 1. The van der Waals surface area contributed by atoms with Crippen LogP contribution in [0.15, 0.2) is 42.5 Å². The molecule has 1 aliphatic rings. The molecule has 0 atom stereocenters. The molecule has 0 saturated heterocycles. The minimum atomic E-state index is -0.136. The number of ether oxygens (including phenoxy) is 1. The normalized spacial score (nSPS) is 14.0. The maximum absolute atomic E-state index is 11.4. The lowest BCUT2D eigenvalue weighted by Crippen LogP contribution is -2.25. The van der Waals surface area contributed by atoms with Crippen LogP contribution in [0, 0.1) is 0 Å². The molecule has 21 heavy (non-hydrogen) atoms. The first-order valence-electron chi connectivity index (χ1n) is 6.95. The predicted molar refractivity (Wildman–Crippen MR) is 81.1 cm³/mol. The molecule has 0 amide bonds. The van der Waals surface area contributed by atoms with Crippen molar-refractivity contribution in [2.75, 3.05) is 18.1 Å². The third-order valence-corrected chi connectivity index (χ3v) is 3.68. The lowest BCUT2D eigenvalue weighted by molar-refractivity contribution is 0.101. The third-order valence-electron chi connectivity index (χ3n) is 3.68. The number of fused-ring (bicyclic) bond motifs is 1. The second-order valence-electron chi connectivity index (χ2n) is 5.14. The van der Waals surface area contributed by atoms with Crippen molar-refractivity contribution in [1.29, 1.82) is 0 Å². The van der Waals surface area contributed by atoms with Gasteiger partial charge in [0.05, 0.1) is 12.1 Å². The van der Waals surface area contributed by atoms with Gasteiger partial charge < -0.3 is 14.7 Å². The molecule has 2 aromatic rings. The topological polar surface area (TPSA) is 49.8 Å². The fourth-order valence-electron chi connectivity index (χ4n) is 2.56. The van der Waals surface area contributed by atoms with Gasteiger partial charge in [0.15, 0.2) is 5.78 Å². The van der Waals surface area contributed by atoms with Crippen LogP contribution in [0.5, 0.6) is 11.5 Å². The summed E-state index contributed by atoms with van der Waals surface area (Å²) in [5, 5.41) is 9.98. The molecule has 0 bridgehead atoms. The number of nitrogens with zero attached hydrogens (tertiary/aromatic N) is 1. The van der Waals surface area contributed by atoms with E-state index < -0.39 is 0 Å². The lowest BCUT2D eigenvalue weighted by Gasteiger charge is -2.22. The Balaban J connectivity index is 1.91. The number of carbonyl (C=O) groups excluding carboxylic acids is 1. The van der Waals surface area contributed by atoms with Crippen LogP contribution in [-0.4, -0.2) is 24.0 Å². The third kappa shape index (κ3) is 2.70. The second-order valence-corrected chi connectivity index (χ2v) is 5.14. The molecule has 4 heteroatoms. The number of ketones is 1. The Morgan fingerprint density at radius 1 is 1.24 bits per heavy atom. The summed E-state index contributed by atoms with van der Waals surface area (Å²) in [5.74, 6) is 0.798. The first-order chi connectivity index (χ1) is 10.1. The van der Waals surface area contributed by atoms with E-state index in [-0.39, 0.29) is 11.5 Å². The summed E-state index contributed by atoms with van der Waals surface area (Å²) < 4.78 is 5.73. The zero-order chi connectivity index (χ0) is 14.8. The van der Waals surface area contributed by atoms with Crippen LogP contribution >= 0.6 is 0 Å². The Morgan fingerprint density at radius 2 is 2.05 bits per heavy atom. The molecule has 1 aliphatic heterocycles. The smallest absolute Gasteiger partial charge is 0.163 e. The van der Waals surface area contributed by atoms with Crippen molar-refractivity contribution in [2.24, 2.45) is 0 Å². The molecular formula is C17H17NO3. The Labute approximate surface area is 123 Å². The first kappa shape index (κ1) is 13.5. The van der Waals surface area contributed by atoms with Crippen LogP contribution in [0.25, 0.3) is 0 Å². The number of aromatic hydroxyl groups is 1. The summed E-state index contributed by atoms with van der Waals surface area (Å²) in [5.41, 5.74) is 2.35. The summed E-state index contributed by atoms with van der Waals surface area (Å²) in [6.45, 7) is 3.49. The van der Waals surface area contributed by atoms with Gasteiger partial charge in [-0.05, 0) is 25.1 Å². The van der Waals surface area contributed by atoms with Gasteiger partial charge in [-0.25, -0.2) is 0 Å². The van der Waals surface area contributed by atoms with Gasteiger partial charge in [0.2, 0.25) is 0 Å². The van der Waals surface area contributed by atoms with Crippen molar-refractivity contribution in [3.8, 4) is 11.5 Å². The van der Waals surface area contributed by atoms with Crippen LogP contribution in [0.2, 0.25) is 0 Å². The highest BCUT2D eigenvalue weighted by Gasteiger charge is 2.17. The van der Waals surface area contributed by atoms with Gasteiger partial charge in [-0.2, -0.15) is 0 Å². The van der Waals surface area contributed by atoms with Crippen molar-refractivity contribution in [2.45, 2.75) is 13.5 Å². The van der Waals surface area contributed by atoms with Crippen LogP contribution in [-0.2, 0) is 6.54 Å². The monoisotopic (exact) mass is 283 g/mol. The Hall–Kier alpha value is -2.49. The van der Waals surface area contributed by atoms with Crippen LogP contribution in [0.1, 0.15) is 22.8 Å². The van der Waals surface area contributed by atoms with Gasteiger partial charge in [-0.3, -0.25) is 4.79 Å². The van der Waals surface area contributed by atoms with Gasteiger partial charge in [0, 0.05) is 23.9 Å². The number of Topliss-reactive ketones (excluding diaryl/α,β-unsaturated/α-hetero) is 1. The van der Waals surface area contributed by atoms with Gasteiger partial charge in [-0.15, -0.1) is 0 Å². The van der Waals surface area contributed by atoms with Crippen LogP contribution in [0.4, 0.5) is 5.69 Å². The molecule has 108 valence electrons. The molecule has 2 aromatic carbocycles. The van der Waals surface area contributed by atoms with Crippen LogP contribution < -0.4 is 9.64 Å². The molecule has 0 spiro atoms. The van der Waals surface area contributed by atoms with Crippen molar-refractivity contribution in [1.82, 2.24) is 0 Å². The molecule has 0 aromatic heterocycles. The highest BCUT2D eigenvalue weighted by Crippen LogP contribution is 2.29. The van der Waals surface area contributed by atoms with Crippen molar-refractivity contribution < 1.29 is 14.6 Å². The maximum atomic E-state index is 11.4. The highest BCUT2D eigenvalue weighted by atomic mass is 16.5. The molecule has 0 aliphatic carbocycles. The molecule has 1 N–H and O–H groups in total. The van der Waals surface area contributed by atoms with E-state index in [0.717, 1.165) is 30.1 Å². The van der Waals surface area contributed by atoms with Gasteiger partial charge in [-0.1, -0.05) is 18.2 Å². The minimum Gasteiger partial charge on any atom is -0.507 e. The van der Waals surface area contributed by atoms with Gasteiger partial charge in [0.25, 0.3) is 0 Å². The number of hydrogen-bond donors (Lipinski definition) is 1. The highest BCUT2D eigenvalue weighted by molar-refractivity contribution is 5.97. The molecule has 0 fully saturated rings. The second kappa shape index (κ2) is 5.48. The molecule has 4 nitrogen and oxygen atoms in total. The van der Waals surface area contributed by atoms with Crippen LogP contribution in [0.3, 0.4) is 0 Å². The zero-order valence-corrected chi connectivity index (χ0v) is 11.9. The maximum Gasteiger partial charge on any atom is 0.163 e. The summed E-state index contributed by atoms with van der Waals surface area (Å²) in [7, 11) is 0. The van der Waals surface area contributed by atoms with E-state index in [9.17, 15) is 9.90 Å². The SMILES string of the molecule is CC(=O)c1ccc(N2CCOc3ccccc3C2)cc1O.